The van der Waals surface area contributed by atoms with E-state index in [0.29, 0.717) is 5.56 Å². The summed E-state index contributed by atoms with van der Waals surface area (Å²) in [5.74, 6) is -0.886. The summed E-state index contributed by atoms with van der Waals surface area (Å²) >= 11 is 0. The first-order valence-corrected chi connectivity index (χ1v) is 6.93. The Morgan fingerprint density at radius 2 is 1.77 bits per heavy atom. The highest BCUT2D eigenvalue weighted by molar-refractivity contribution is 5.95. The normalized spacial score (nSPS) is 10.0. The summed E-state index contributed by atoms with van der Waals surface area (Å²) < 4.78 is 1.25. The SMILES string of the molecule is CCc1ccc(C(=O)NNC(=O)Cn2ccccc2=O)cc1. The Morgan fingerprint density at radius 3 is 2.41 bits per heavy atom. The molecule has 0 saturated carbocycles. The van der Waals surface area contributed by atoms with Crippen LogP contribution < -0.4 is 16.4 Å². The van der Waals surface area contributed by atoms with Gasteiger partial charge in [0, 0.05) is 17.8 Å². The fourth-order valence-corrected chi connectivity index (χ4v) is 1.88. The van der Waals surface area contributed by atoms with E-state index < -0.39 is 11.8 Å². The fourth-order valence-electron chi connectivity index (χ4n) is 1.88. The Kier molecular flexibility index (Phi) is 5.08. The molecule has 22 heavy (non-hydrogen) atoms. The summed E-state index contributed by atoms with van der Waals surface area (Å²) in [6.07, 6.45) is 2.40. The van der Waals surface area contributed by atoms with Gasteiger partial charge in [0.25, 0.3) is 17.4 Å². The second-order valence-electron chi connectivity index (χ2n) is 4.72. The van der Waals surface area contributed by atoms with Crippen LogP contribution in [-0.4, -0.2) is 16.4 Å². The van der Waals surface area contributed by atoms with E-state index >= 15 is 0 Å². The van der Waals surface area contributed by atoms with Crippen LogP contribution in [0.3, 0.4) is 0 Å². The first kappa shape index (κ1) is 15.5. The van der Waals surface area contributed by atoms with Crippen molar-refractivity contribution >= 4 is 11.8 Å². The number of aryl methyl sites for hydroxylation is 1. The van der Waals surface area contributed by atoms with Crippen molar-refractivity contribution in [2.24, 2.45) is 0 Å². The number of carbonyl (C=O) groups is 2. The summed E-state index contributed by atoms with van der Waals surface area (Å²) in [5.41, 5.74) is 5.91. The lowest BCUT2D eigenvalue weighted by Gasteiger charge is -2.09. The Balaban J connectivity index is 1.89. The number of aromatic nitrogens is 1. The summed E-state index contributed by atoms with van der Waals surface area (Å²) in [5, 5.41) is 0. The van der Waals surface area contributed by atoms with Gasteiger partial charge in [-0.05, 0) is 30.2 Å². The number of rotatable bonds is 4. The molecule has 2 rings (SSSR count). The highest BCUT2D eigenvalue weighted by atomic mass is 16.2. The molecular formula is C16H17N3O3. The quantitative estimate of drug-likeness (QED) is 0.822. The number of carbonyl (C=O) groups excluding carboxylic acids is 2. The average molecular weight is 299 g/mol. The smallest absolute Gasteiger partial charge is 0.269 e. The minimum Gasteiger partial charge on any atom is -0.306 e. The largest absolute Gasteiger partial charge is 0.306 e. The Labute approximate surface area is 127 Å². The molecule has 0 atom stereocenters. The molecule has 0 unspecified atom stereocenters. The van der Waals surface area contributed by atoms with Crippen LogP contribution in [0.4, 0.5) is 0 Å². The number of hydrogen-bond acceptors (Lipinski definition) is 3. The van der Waals surface area contributed by atoms with E-state index in [9.17, 15) is 14.4 Å². The summed E-state index contributed by atoms with van der Waals surface area (Å²) in [4.78, 5) is 35.1. The molecule has 0 saturated heterocycles. The average Bonchev–Trinajstić information content (AvgIpc) is 2.55. The van der Waals surface area contributed by atoms with Gasteiger partial charge in [-0.2, -0.15) is 0 Å². The lowest BCUT2D eigenvalue weighted by atomic mass is 10.1. The molecule has 0 radical (unpaired) electrons. The Hall–Kier alpha value is -2.89. The topological polar surface area (TPSA) is 80.2 Å². The van der Waals surface area contributed by atoms with E-state index in [0.717, 1.165) is 12.0 Å². The molecule has 1 aromatic carbocycles. The van der Waals surface area contributed by atoms with E-state index in [-0.39, 0.29) is 12.1 Å². The van der Waals surface area contributed by atoms with Crippen molar-refractivity contribution in [3.63, 3.8) is 0 Å². The number of nitrogens with zero attached hydrogens (tertiary/aromatic N) is 1. The summed E-state index contributed by atoms with van der Waals surface area (Å²) in [6.45, 7) is 1.87. The van der Waals surface area contributed by atoms with Crippen molar-refractivity contribution in [2.75, 3.05) is 0 Å². The van der Waals surface area contributed by atoms with Gasteiger partial charge in [0.15, 0.2) is 0 Å². The van der Waals surface area contributed by atoms with Crippen LogP contribution in [0.15, 0.2) is 53.5 Å². The standard InChI is InChI=1S/C16H17N3O3/c1-2-12-6-8-13(9-7-12)16(22)18-17-14(20)11-19-10-4-3-5-15(19)21/h3-10H,2,11H2,1H3,(H,17,20)(H,18,22). The van der Waals surface area contributed by atoms with Gasteiger partial charge in [-0.3, -0.25) is 25.2 Å². The molecule has 114 valence electrons. The molecule has 6 heteroatoms. The van der Waals surface area contributed by atoms with Crippen molar-refractivity contribution in [3.05, 3.63) is 70.1 Å². The van der Waals surface area contributed by atoms with Gasteiger partial charge in [-0.25, -0.2) is 0 Å². The van der Waals surface area contributed by atoms with Crippen molar-refractivity contribution in [2.45, 2.75) is 19.9 Å². The third-order valence-electron chi connectivity index (χ3n) is 3.15. The molecule has 0 spiro atoms. The molecular weight excluding hydrogens is 282 g/mol. The zero-order chi connectivity index (χ0) is 15.9. The lowest BCUT2D eigenvalue weighted by molar-refractivity contribution is -0.122. The van der Waals surface area contributed by atoms with Crippen LogP contribution in [-0.2, 0) is 17.8 Å². The fraction of sp³-hybridized carbons (Fsp3) is 0.188. The van der Waals surface area contributed by atoms with Crippen molar-refractivity contribution in [1.29, 1.82) is 0 Å². The number of pyridine rings is 1. The molecule has 2 aromatic rings. The van der Waals surface area contributed by atoms with Crippen molar-refractivity contribution < 1.29 is 9.59 Å². The van der Waals surface area contributed by atoms with Crippen LogP contribution in [0.5, 0.6) is 0 Å². The van der Waals surface area contributed by atoms with Crippen LogP contribution in [0, 0.1) is 0 Å². The predicted octanol–water partition coefficient (Wildman–Crippen LogP) is 0.872. The third-order valence-corrected chi connectivity index (χ3v) is 3.15. The van der Waals surface area contributed by atoms with E-state index in [1.165, 1.54) is 16.8 Å². The second kappa shape index (κ2) is 7.21. The van der Waals surface area contributed by atoms with E-state index in [1.54, 1.807) is 24.3 Å². The van der Waals surface area contributed by atoms with E-state index in [4.69, 9.17) is 0 Å². The third kappa shape index (κ3) is 4.05. The van der Waals surface area contributed by atoms with Gasteiger partial charge in [0.2, 0.25) is 0 Å². The molecule has 0 fully saturated rings. The van der Waals surface area contributed by atoms with Crippen LogP contribution in [0.1, 0.15) is 22.8 Å². The highest BCUT2D eigenvalue weighted by Crippen LogP contribution is 2.04. The molecule has 0 aliphatic rings. The molecule has 1 heterocycles. The molecule has 1 aromatic heterocycles. The van der Waals surface area contributed by atoms with Gasteiger partial charge < -0.3 is 4.57 Å². The number of nitrogens with one attached hydrogen (secondary N) is 2. The molecule has 0 aliphatic heterocycles. The zero-order valence-electron chi connectivity index (χ0n) is 12.2. The zero-order valence-corrected chi connectivity index (χ0v) is 12.2. The predicted molar refractivity (Wildman–Crippen MR) is 82.1 cm³/mol. The van der Waals surface area contributed by atoms with Crippen LogP contribution >= 0.6 is 0 Å². The summed E-state index contributed by atoms with van der Waals surface area (Å²) in [6, 6.07) is 11.7. The highest BCUT2D eigenvalue weighted by Gasteiger charge is 2.08. The first-order chi connectivity index (χ1) is 10.6. The molecule has 2 amide bonds. The van der Waals surface area contributed by atoms with Gasteiger partial charge in [0.1, 0.15) is 6.54 Å². The van der Waals surface area contributed by atoms with E-state index in [2.05, 4.69) is 10.9 Å². The number of benzene rings is 1. The minimum atomic E-state index is -0.480. The maximum Gasteiger partial charge on any atom is 0.269 e. The molecule has 0 bridgehead atoms. The number of hydrazine groups is 1. The number of amides is 2. The molecule has 2 N–H and O–H groups in total. The van der Waals surface area contributed by atoms with Crippen molar-refractivity contribution in [1.82, 2.24) is 15.4 Å². The molecule has 6 nitrogen and oxygen atoms in total. The Morgan fingerprint density at radius 1 is 1.05 bits per heavy atom. The number of hydrogen-bond donors (Lipinski definition) is 2. The van der Waals surface area contributed by atoms with Crippen LogP contribution in [0.2, 0.25) is 0 Å². The van der Waals surface area contributed by atoms with Gasteiger partial charge in [-0.15, -0.1) is 0 Å². The maximum atomic E-state index is 11.9. The van der Waals surface area contributed by atoms with Crippen molar-refractivity contribution in [3.8, 4) is 0 Å². The van der Waals surface area contributed by atoms with Gasteiger partial charge in [-0.1, -0.05) is 25.1 Å². The minimum absolute atomic E-state index is 0.158. The lowest BCUT2D eigenvalue weighted by Crippen LogP contribution is -2.44. The van der Waals surface area contributed by atoms with Gasteiger partial charge >= 0.3 is 0 Å². The van der Waals surface area contributed by atoms with Gasteiger partial charge in [0.05, 0.1) is 0 Å². The maximum absolute atomic E-state index is 11.9. The monoisotopic (exact) mass is 299 g/mol. The second-order valence-corrected chi connectivity index (χ2v) is 4.72. The molecule has 0 aliphatic carbocycles. The Bertz CT molecular complexity index is 720. The van der Waals surface area contributed by atoms with Crippen LogP contribution in [0.25, 0.3) is 0 Å². The van der Waals surface area contributed by atoms with E-state index in [1.807, 2.05) is 19.1 Å². The first-order valence-electron chi connectivity index (χ1n) is 6.93. The summed E-state index contributed by atoms with van der Waals surface area (Å²) in [7, 11) is 0.